The quantitative estimate of drug-likeness (QED) is 0.377. The van der Waals surface area contributed by atoms with E-state index in [4.69, 9.17) is 30.5 Å². The number of ether oxygens (including phenoxy) is 4. The van der Waals surface area contributed by atoms with Crippen molar-refractivity contribution in [2.45, 2.75) is 26.8 Å². The van der Waals surface area contributed by atoms with Gasteiger partial charge in [0, 0.05) is 6.07 Å². The normalized spacial score (nSPS) is 11.7. The number of ketones is 1. The Morgan fingerprint density at radius 3 is 2.34 bits per heavy atom. The molecule has 1 atom stereocenters. The van der Waals surface area contributed by atoms with Gasteiger partial charge in [-0.3, -0.25) is 9.59 Å². The number of hydrogen-bond donors (Lipinski definition) is 1. The van der Waals surface area contributed by atoms with Gasteiger partial charge in [0.2, 0.25) is 6.04 Å². The van der Waals surface area contributed by atoms with Crippen LogP contribution in [0.1, 0.15) is 20.8 Å². The van der Waals surface area contributed by atoms with E-state index in [0.29, 0.717) is 36.1 Å². The molecule has 9 nitrogen and oxygen atoms in total. The number of benzene rings is 2. The summed E-state index contributed by atoms with van der Waals surface area (Å²) in [6.07, 6.45) is 0. The van der Waals surface area contributed by atoms with E-state index in [9.17, 15) is 9.59 Å². The van der Waals surface area contributed by atoms with Crippen LogP contribution in [-0.2, 0) is 9.59 Å². The number of carbonyl (C=O) groups is 2. The second kappa shape index (κ2) is 11.9. The smallest absolute Gasteiger partial charge is 0.259 e. The van der Waals surface area contributed by atoms with Crippen molar-refractivity contribution in [3.63, 3.8) is 0 Å². The Balaban J connectivity index is 2.34. The minimum Gasteiger partial charge on any atom is -0.494 e. The highest BCUT2D eigenvalue weighted by Crippen LogP contribution is 2.40. The van der Waals surface area contributed by atoms with Gasteiger partial charge in [0.15, 0.2) is 11.5 Å². The first-order valence-electron chi connectivity index (χ1n) is 9.88. The van der Waals surface area contributed by atoms with Crippen LogP contribution in [0, 0.1) is 0 Å². The molecule has 0 fully saturated rings. The minimum atomic E-state index is -1.41. The number of azo groups is 1. The molecule has 0 spiro atoms. The molecule has 0 radical (unpaired) electrons. The zero-order valence-electron chi connectivity index (χ0n) is 18.6. The summed E-state index contributed by atoms with van der Waals surface area (Å²) in [4.78, 5) is 25.1. The van der Waals surface area contributed by atoms with E-state index in [1.54, 1.807) is 30.3 Å². The molecule has 1 N–H and O–H groups in total. The van der Waals surface area contributed by atoms with Crippen molar-refractivity contribution >= 4 is 34.7 Å². The molecule has 0 saturated heterocycles. The van der Waals surface area contributed by atoms with E-state index >= 15 is 0 Å². The molecule has 0 aliphatic heterocycles. The van der Waals surface area contributed by atoms with Gasteiger partial charge < -0.3 is 24.3 Å². The Hall–Kier alpha value is -3.33. The van der Waals surface area contributed by atoms with E-state index in [-0.39, 0.29) is 16.5 Å². The summed E-state index contributed by atoms with van der Waals surface area (Å²) in [7, 11) is 2.83. The average molecular weight is 464 g/mol. The number of rotatable bonds is 11. The van der Waals surface area contributed by atoms with E-state index in [0.717, 1.165) is 0 Å². The summed E-state index contributed by atoms with van der Waals surface area (Å²) in [5.41, 5.74) is 0.539. The van der Waals surface area contributed by atoms with Crippen molar-refractivity contribution in [1.29, 1.82) is 0 Å². The lowest BCUT2D eigenvalue weighted by atomic mass is 10.2. The maximum absolute atomic E-state index is 12.9. The van der Waals surface area contributed by atoms with Crippen LogP contribution in [0.3, 0.4) is 0 Å². The molecular formula is C22H26ClN3O6. The van der Waals surface area contributed by atoms with Gasteiger partial charge in [-0.05, 0) is 45.0 Å². The number of nitrogens with one attached hydrogen (secondary N) is 1. The van der Waals surface area contributed by atoms with Crippen molar-refractivity contribution in [3.8, 4) is 23.0 Å². The molecule has 10 heteroatoms. The van der Waals surface area contributed by atoms with Crippen molar-refractivity contribution < 1.29 is 28.5 Å². The number of nitrogens with zero attached hydrogens (tertiary/aromatic N) is 2. The van der Waals surface area contributed by atoms with Crippen LogP contribution in [0.2, 0.25) is 5.02 Å². The Labute approximate surface area is 191 Å². The molecule has 172 valence electrons. The van der Waals surface area contributed by atoms with Crippen LogP contribution in [0.15, 0.2) is 40.6 Å². The maximum Gasteiger partial charge on any atom is 0.259 e. The zero-order valence-corrected chi connectivity index (χ0v) is 19.4. The van der Waals surface area contributed by atoms with E-state index in [1.807, 2.05) is 13.8 Å². The number of amides is 1. The van der Waals surface area contributed by atoms with Gasteiger partial charge in [-0.15, -0.1) is 0 Å². The van der Waals surface area contributed by atoms with Gasteiger partial charge in [0.25, 0.3) is 5.91 Å². The SMILES string of the molecule is CCOc1ccc(N=NC(C(C)=O)C(=O)Nc2c(OC)ccc(Cl)c2OC)c(OCC)c1. The van der Waals surface area contributed by atoms with Gasteiger partial charge in [-0.2, -0.15) is 10.2 Å². The molecular weight excluding hydrogens is 438 g/mol. The first-order chi connectivity index (χ1) is 15.4. The number of halogens is 1. The van der Waals surface area contributed by atoms with E-state index in [2.05, 4.69) is 15.5 Å². The van der Waals surface area contributed by atoms with Crippen LogP contribution < -0.4 is 24.3 Å². The molecule has 1 unspecified atom stereocenters. The van der Waals surface area contributed by atoms with Gasteiger partial charge in [-0.1, -0.05) is 11.6 Å². The summed E-state index contributed by atoms with van der Waals surface area (Å²) in [5, 5.41) is 10.9. The Morgan fingerprint density at radius 2 is 1.75 bits per heavy atom. The summed E-state index contributed by atoms with van der Waals surface area (Å²) in [6, 6.07) is 6.73. The molecule has 0 heterocycles. The van der Waals surface area contributed by atoms with Gasteiger partial charge in [-0.25, -0.2) is 0 Å². The molecule has 0 bridgehead atoms. The first-order valence-corrected chi connectivity index (χ1v) is 10.3. The monoisotopic (exact) mass is 463 g/mol. The second-order valence-corrected chi connectivity index (χ2v) is 6.78. The molecule has 1 amide bonds. The number of hydrogen-bond acceptors (Lipinski definition) is 8. The number of anilines is 1. The second-order valence-electron chi connectivity index (χ2n) is 6.37. The minimum absolute atomic E-state index is 0.185. The third-order valence-electron chi connectivity index (χ3n) is 4.20. The molecule has 0 aromatic heterocycles. The topological polar surface area (TPSA) is 108 Å². The largest absolute Gasteiger partial charge is 0.494 e. The van der Waals surface area contributed by atoms with Crippen LogP contribution in [0.4, 0.5) is 11.4 Å². The highest BCUT2D eigenvalue weighted by Gasteiger charge is 2.26. The summed E-state index contributed by atoms with van der Waals surface area (Å²) in [5.74, 6) is 0.311. The standard InChI is InChI=1S/C22H26ClN3O6/c1-6-31-14-8-10-16(18(12-14)32-7-2)25-26-19(13(3)27)22(28)24-20-17(29-4)11-9-15(23)21(20)30-5/h8-12,19H,6-7H2,1-5H3,(H,24,28). The van der Waals surface area contributed by atoms with Crippen LogP contribution in [0.5, 0.6) is 23.0 Å². The number of carbonyl (C=O) groups excluding carboxylic acids is 2. The Morgan fingerprint density at radius 1 is 1.03 bits per heavy atom. The highest BCUT2D eigenvalue weighted by atomic mass is 35.5. The maximum atomic E-state index is 12.9. The fourth-order valence-electron chi connectivity index (χ4n) is 2.76. The fraction of sp³-hybridized carbons (Fsp3) is 0.364. The Bertz CT molecular complexity index is 996. The lowest BCUT2D eigenvalue weighted by Gasteiger charge is -2.16. The molecule has 0 aliphatic rings. The van der Waals surface area contributed by atoms with Crippen LogP contribution in [-0.4, -0.2) is 45.2 Å². The number of methoxy groups -OCH3 is 2. The summed E-state index contributed by atoms with van der Waals surface area (Å²) >= 11 is 6.14. The predicted octanol–water partition coefficient (Wildman–Crippen LogP) is 4.83. The molecule has 2 aromatic carbocycles. The van der Waals surface area contributed by atoms with E-state index in [1.165, 1.54) is 21.1 Å². The lowest BCUT2D eigenvalue weighted by Crippen LogP contribution is -2.32. The molecule has 2 rings (SSSR count). The van der Waals surface area contributed by atoms with Crippen molar-refractivity contribution in [3.05, 3.63) is 35.4 Å². The van der Waals surface area contributed by atoms with Gasteiger partial charge in [0.1, 0.15) is 28.6 Å². The van der Waals surface area contributed by atoms with Crippen molar-refractivity contribution in [1.82, 2.24) is 0 Å². The van der Waals surface area contributed by atoms with Gasteiger partial charge in [0.05, 0.1) is 32.5 Å². The molecule has 32 heavy (non-hydrogen) atoms. The zero-order chi connectivity index (χ0) is 23.7. The third kappa shape index (κ3) is 6.10. The molecule has 0 aliphatic carbocycles. The lowest BCUT2D eigenvalue weighted by molar-refractivity contribution is -0.126. The average Bonchev–Trinajstić information content (AvgIpc) is 2.76. The Kier molecular flexibility index (Phi) is 9.27. The van der Waals surface area contributed by atoms with E-state index < -0.39 is 17.7 Å². The fourth-order valence-corrected chi connectivity index (χ4v) is 3.00. The molecule has 2 aromatic rings. The molecule has 0 saturated carbocycles. The summed E-state index contributed by atoms with van der Waals surface area (Å²) in [6.45, 7) is 5.83. The first kappa shape index (κ1) is 24.9. The van der Waals surface area contributed by atoms with Gasteiger partial charge >= 0.3 is 0 Å². The van der Waals surface area contributed by atoms with Crippen molar-refractivity contribution in [2.24, 2.45) is 10.2 Å². The summed E-state index contributed by atoms with van der Waals surface area (Å²) < 4.78 is 21.6. The third-order valence-corrected chi connectivity index (χ3v) is 4.50. The highest BCUT2D eigenvalue weighted by molar-refractivity contribution is 6.33. The number of Topliss-reactive ketones (excluding diaryl/α,β-unsaturated/α-hetero) is 1. The van der Waals surface area contributed by atoms with Crippen LogP contribution >= 0.6 is 11.6 Å². The van der Waals surface area contributed by atoms with Crippen molar-refractivity contribution in [2.75, 3.05) is 32.8 Å². The van der Waals surface area contributed by atoms with Crippen LogP contribution in [0.25, 0.3) is 0 Å². The predicted molar refractivity (Wildman–Crippen MR) is 121 cm³/mol.